The van der Waals surface area contributed by atoms with Crippen molar-refractivity contribution in [3.8, 4) is 11.5 Å². The molecule has 0 spiro atoms. The van der Waals surface area contributed by atoms with Crippen molar-refractivity contribution in [2.45, 2.75) is 40.2 Å². The number of hydrogen-bond acceptors (Lipinski definition) is 9. The summed E-state index contributed by atoms with van der Waals surface area (Å²) >= 11 is 4.44. The maximum atomic E-state index is 14.1. The smallest absolute Gasteiger partial charge is 0.350 e. The van der Waals surface area contributed by atoms with Gasteiger partial charge in [-0.15, -0.1) is 0 Å². The molecule has 0 bridgehead atoms. The van der Waals surface area contributed by atoms with Crippen molar-refractivity contribution >= 4 is 55.2 Å². The molecule has 0 radical (unpaired) electrons. The number of halogens is 1. The van der Waals surface area contributed by atoms with E-state index in [1.807, 2.05) is 6.92 Å². The fraction of sp³-hybridized carbons (Fsp3) is 0.312. The van der Waals surface area contributed by atoms with Gasteiger partial charge in [-0.05, 0) is 62.1 Å². The molecule has 0 saturated heterocycles. The van der Waals surface area contributed by atoms with Gasteiger partial charge in [0.1, 0.15) is 17.1 Å². The highest BCUT2D eigenvalue weighted by Gasteiger charge is 2.45. The summed E-state index contributed by atoms with van der Waals surface area (Å²) in [6, 6.07) is 9.51. The Hall–Kier alpha value is -3.96. The molecular weight excluding hydrogens is 636 g/mol. The monoisotopic (exact) mass is 666 g/mol. The normalized spacial score (nSPS) is 14.3. The summed E-state index contributed by atoms with van der Waals surface area (Å²) in [5, 5.41) is 0.555. The second-order valence-corrected chi connectivity index (χ2v) is 12.3. The van der Waals surface area contributed by atoms with Gasteiger partial charge in [0.15, 0.2) is 22.1 Å². The van der Waals surface area contributed by atoms with Crippen LogP contribution in [0.15, 0.2) is 62.7 Å². The number of aryl methyl sites for hydroxylation is 1. The number of amides is 1. The molecule has 0 aliphatic carbocycles. The van der Waals surface area contributed by atoms with Gasteiger partial charge in [0.25, 0.3) is 5.91 Å². The van der Waals surface area contributed by atoms with Crippen molar-refractivity contribution in [1.29, 1.82) is 0 Å². The lowest BCUT2D eigenvalue weighted by Crippen LogP contribution is -2.29. The number of hydrogen-bond donors (Lipinski definition) is 0. The van der Waals surface area contributed by atoms with Gasteiger partial charge < -0.3 is 18.6 Å². The van der Waals surface area contributed by atoms with Crippen molar-refractivity contribution in [3.63, 3.8) is 0 Å². The van der Waals surface area contributed by atoms with Crippen molar-refractivity contribution in [1.82, 2.24) is 4.98 Å². The Morgan fingerprint density at radius 2 is 1.98 bits per heavy atom. The van der Waals surface area contributed by atoms with Crippen molar-refractivity contribution in [2.75, 3.05) is 24.7 Å². The van der Waals surface area contributed by atoms with Crippen LogP contribution >= 0.6 is 27.3 Å². The number of esters is 1. The number of fused-ring (bicyclic) bond motifs is 2. The molecule has 1 unspecified atom stereocenters. The van der Waals surface area contributed by atoms with Crippen LogP contribution in [0.25, 0.3) is 11.0 Å². The van der Waals surface area contributed by atoms with Crippen LogP contribution in [0.1, 0.15) is 70.3 Å². The summed E-state index contributed by atoms with van der Waals surface area (Å²) < 4.78 is 24.0. The number of carbonyl (C=O) groups excluding carboxylic acids is 2. The lowest BCUT2D eigenvalue weighted by atomic mass is 9.98. The predicted molar refractivity (Wildman–Crippen MR) is 169 cm³/mol. The summed E-state index contributed by atoms with van der Waals surface area (Å²) in [6.07, 6.45) is 2.34. The average molecular weight is 668 g/mol. The fourth-order valence-corrected chi connectivity index (χ4v) is 6.17. The zero-order valence-corrected chi connectivity index (χ0v) is 26.7. The van der Waals surface area contributed by atoms with E-state index in [4.69, 9.17) is 18.6 Å². The molecule has 2 aromatic carbocycles. The summed E-state index contributed by atoms with van der Waals surface area (Å²) in [7, 11) is 0. The molecule has 1 atom stereocenters. The summed E-state index contributed by atoms with van der Waals surface area (Å²) in [4.78, 5) is 47.0. The van der Waals surface area contributed by atoms with Crippen molar-refractivity contribution in [2.24, 2.45) is 5.92 Å². The molecule has 3 heterocycles. The average Bonchev–Trinajstić information content (AvgIpc) is 3.50. The summed E-state index contributed by atoms with van der Waals surface area (Å²) in [6.45, 7) is 12.3. The number of nitrogens with zero attached hydrogens (tertiary/aromatic N) is 2. The molecule has 9 nitrogen and oxygen atoms in total. The van der Waals surface area contributed by atoms with Crippen LogP contribution in [0.5, 0.6) is 11.5 Å². The molecule has 5 rings (SSSR count). The quantitative estimate of drug-likeness (QED) is 0.122. The Kier molecular flexibility index (Phi) is 9.03. The van der Waals surface area contributed by atoms with Gasteiger partial charge in [-0.3, -0.25) is 14.5 Å². The first-order chi connectivity index (χ1) is 20.6. The van der Waals surface area contributed by atoms with Gasteiger partial charge in [0.05, 0.1) is 35.9 Å². The van der Waals surface area contributed by atoms with Crippen LogP contribution in [0, 0.1) is 12.8 Å². The molecule has 1 amide bonds. The van der Waals surface area contributed by atoms with E-state index in [-0.39, 0.29) is 39.0 Å². The van der Waals surface area contributed by atoms with Crippen LogP contribution in [-0.2, 0) is 4.74 Å². The predicted octanol–water partition coefficient (Wildman–Crippen LogP) is 7.24. The van der Waals surface area contributed by atoms with E-state index in [0.717, 1.165) is 17.8 Å². The third-order valence-electron chi connectivity index (χ3n) is 6.88. The molecule has 224 valence electrons. The number of anilines is 1. The minimum Gasteiger partial charge on any atom is -0.490 e. The van der Waals surface area contributed by atoms with Gasteiger partial charge in [0.2, 0.25) is 5.76 Å². The van der Waals surface area contributed by atoms with Gasteiger partial charge >= 0.3 is 5.97 Å². The maximum Gasteiger partial charge on any atom is 0.350 e. The molecule has 0 saturated carbocycles. The highest BCUT2D eigenvalue weighted by Crippen LogP contribution is 2.45. The zero-order chi connectivity index (χ0) is 30.8. The molecule has 43 heavy (non-hydrogen) atoms. The first kappa shape index (κ1) is 30.5. The topological polar surface area (TPSA) is 108 Å². The van der Waals surface area contributed by atoms with Crippen LogP contribution in [-0.4, -0.2) is 36.7 Å². The minimum atomic E-state index is -0.909. The van der Waals surface area contributed by atoms with E-state index in [2.05, 4.69) is 41.3 Å². The van der Waals surface area contributed by atoms with E-state index in [9.17, 15) is 14.4 Å². The molecule has 2 aromatic heterocycles. The summed E-state index contributed by atoms with van der Waals surface area (Å²) in [5.41, 5.74) is 1.11. The molecule has 0 N–H and O–H groups in total. The second kappa shape index (κ2) is 12.7. The molecular formula is C32H31BrN2O7S. The molecule has 1 aliphatic rings. The van der Waals surface area contributed by atoms with E-state index in [1.165, 1.54) is 11.0 Å². The largest absolute Gasteiger partial charge is 0.490 e. The SMILES string of the molecule is C=CCOC(=O)c1sc(N2C(=O)c3oc4ccc(Br)cc4c(=O)c3C2c2ccc(OCCC(C)C)c(OCC)c2)nc1C. The molecule has 4 aromatic rings. The van der Waals surface area contributed by atoms with Crippen LogP contribution < -0.4 is 19.8 Å². The Labute approximate surface area is 261 Å². The highest BCUT2D eigenvalue weighted by molar-refractivity contribution is 9.10. The van der Waals surface area contributed by atoms with Crippen molar-refractivity contribution in [3.05, 3.63) is 91.2 Å². The standard InChI is InChI=1S/C32H31BrN2O7S/c1-6-13-41-31(38)29-18(5)34-32(43-29)35-26(19-8-10-23(24(15-19)39-7-2)40-14-12-17(3)4)25-27(36)21-16-20(33)9-11-22(21)42-28(25)30(35)37/h6,8-11,15-17,26H,1,7,12-14H2,2-5H3. The van der Waals surface area contributed by atoms with Gasteiger partial charge in [-0.1, -0.05) is 59.8 Å². The molecule has 1 aliphatic heterocycles. The maximum absolute atomic E-state index is 14.1. The minimum absolute atomic E-state index is 0.0363. The van der Waals surface area contributed by atoms with E-state index >= 15 is 0 Å². The Morgan fingerprint density at radius 1 is 1.19 bits per heavy atom. The number of aromatic nitrogens is 1. The third-order valence-corrected chi connectivity index (χ3v) is 8.51. The zero-order valence-electron chi connectivity index (χ0n) is 24.3. The fourth-order valence-electron chi connectivity index (χ4n) is 4.82. The number of ether oxygens (including phenoxy) is 3. The molecule has 11 heteroatoms. The van der Waals surface area contributed by atoms with Crippen LogP contribution in [0.2, 0.25) is 0 Å². The Balaban J connectivity index is 1.68. The number of carbonyl (C=O) groups is 2. The third kappa shape index (κ3) is 5.96. The summed E-state index contributed by atoms with van der Waals surface area (Å²) in [5.74, 6) is 0.323. The lowest BCUT2D eigenvalue weighted by molar-refractivity contribution is 0.0554. The molecule has 0 fully saturated rings. The van der Waals surface area contributed by atoms with Crippen LogP contribution in [0.3, 0.4) is 0 Å². The highest BCUT2D eigenvalue weighted by atomic mass is 79.9. The second-order valence-electron chi connectivity index (χ2n) is 10.4. The van der Waals surface area contributed by atoms with E-state index < -0.39 is 17.9 Å². The van der Waals surface area contributed by atoms with Crippen LogP contribution in [0.4, 0.5) is 5.13 Å². The Bertz CT molecular complexity index is 1780. The first-order valence-corrected chi connectivity index (χ1v) is 15.5. The van der Waals surface area contributed by atoms with Gasteiger partial charge in [0, 0.05) is 4.47 Å². The first-order valence-electron chi connectivity index (χ1n) is 13.9. The Morgan fingerprint density at radius 3 is 2.70 bits per heavy atom. The van der Waals surface area contributed by atoms with E-state index in [0.29, 0.717) is 51.7 Å². The number of rotatable bonds is 11. The number of benzene rings is 2. The van der Waals surface area contributed by atoms with Gasteiger partial charge in [-0.25, -0.2) is 9.78 Å². The number of thiazole rings is 1. The van der Waals surface area contributed by atoms with Crippen molar-refractivity contribution < 1.29 is 28.2 Å². The lowest BCUT2D eigenvalue weighted by Gasteiger charge is -2.23. The van der Waals surface area contributed by atoms with Gasteiger partial charge in [-0.2, -0.15) is 0 Å². The van der Waals surface area contributed by atoms with E-state index in [1.54, 1.807) is 43.3 Å².